The minimum absolute atomic E-state index is 0.00809. The van der Waals surface area contributed by atoms with Gasteiger partial charge in [-0.2, -0.15) is 0 Å². The quantitative estimate of drug-likeness (QED) is 0.592. The largest absolute Gasteiger partial charge is 0.506 e. The second-order valence-electron chi connectivity index (χ2n) is 5.09. The molecule has 1 aromatic carbocycles. The Balaban J connectivity index is 2.88. The van der Waals surface area contributed by atoms with Crippen LogP contribution in [0.5, 0.6) is 5.75 Å². The zero-order chi connectivity index (χ0) is 15.3. The van der Waals surface area contributed by atoms with Crippen molar-refractivity contribution in [1.29, 1.82) is 0 Å². The number of nitrogens with two attached hydrogens (primary N) is 1. The third-order valence-corrected chi connectivity index (χ3v) is 2.91. The van der Waals surface area contributed by atoms with Gasteiger partial charge in [0, 0.05) is 6.54 Å². The molecule has 20 heavy (non-hydrogen) atoms. The molecule has 0 saturated heterocycles. The molecule has 0 aromatic heterocycles. The van der Waals surface area contributed by atoms with E-state index < -0.39 is 5.97 Å². The number of anilines is 1. The maximum absolute atomic E-state index is 12.1. The highest BCUT2D eigenvalue weighted by Gasteiger charge is 2.19. The molecule has 110 valence electrons. The van der Waals surface area contributed by atoms with Crippen LogP contribution in [0.4, 0.5) is 5.69 Å². The van der Waals surface area contributed by atoms with Gasteiger partial charge >= 0.3 is 5.97 Å². The van der Waals surface area contributed by atoms with E-state index in [9.17, 15) is 14.7 Å². The number of rotatable bonds is 6. The molecule has 0 bridgehead atoms. The number of carbonyl (C=O) groups is 2. The number of phenols is 1. The molecule has 0 heterocycles. The maximum atomic E-state index is 12.1. The van der Waals surface area contributed by atoms with Gasteiger partial charge in [0.15, 0.2) is 0 Å². The third kappa shape index (κ3) is 4.24. The van der Waals surface area contributed by atoms with E-state index in [1.807, 2.05) is 13.8 Å². The van der Waals surface area contributed by atoms with Crippen LogP contribution in [0.25, 0.3) is 0 Å². The van der Waals surface area contributed by atoms with Crippen LogP contribution >= 0.6 is 0 Å². The van der Waals surface area contributed by atoms with Gasteiger partial charge in [-0.25, -0.2) is 4.79 Å². The lowest BCUT2D eigenvalue weighted by atomic mass is 9.96. The summed E-state index contributed by atoms with van der Waals surface area (Å²) in [5.74, 6) is -1.68. The summed E-state index contributed by atoms with van der Waals surface area (Å²) < 4.78 is 0. The fourth-order valence-corrected chi connectivity index (χ4v) is 1.88. The first kappa shape index (κ1) is 16.0. The van der Waals surface area contributed by atoms with Crippen LogP contribution in [0.15, 0.2) is 18.2 Å². The topological polar surface area (TPSA) is 113 Å². The minimum Gasteiger partial charge on any atom is -0.506 e. The molecular weight excluding hydrogens is 260 g/mol. The molecular formula is C14H20N2O4. The Bertz CT molecular complexity index is 500. The standard InChI is InChI=1S/C14H20N2O4/c1-8(2)5-10(7-15)13(18)16-11-6-9(14(19)20)3-4-12(11)17/h3-4,6,8,10,17H,5,7,15H2,1-2H3,(H,16,18)(H,19,20). The lowest BCUT2D eigenvalue weighted by Crippen LogP contribution is -2.30. The molecule has 0 saturated carbocycles. The summed E-state index contributed by atoms with van der Waals surface area (Å²) in [6, 6.07) is 3.72. The van der Waals surface area contributed by atoms with Crippen molar-refractivity contribution in [2.24, 2.45) is 17.6 Å². The second kappa shape index (κ2) is 6.91. The molecule has 6 heteroatoms. The number of carbonyl (C=O) groups excluding carboxylic acids is 1. The van der Waals surface area contributed by atoms with Crippen LogP contribution in [0.2, 0.25) is 0 Å². The van der Waals surface area contributed by atoms with Gasteiger partial charge in [0.25, 0.3) is 0 Å². The normalized spacial score (nSPS) is 12.2. The predicted octanol–water partition coefficient (Wildman–Crippen LogP) is 1.65. The lowest BCUT2D eigenvalue weighted by molar-refractivity contribution is -0.120. The predicted molar refractivity (Wildman–Crippen MR) is 75.7 cm³/mol. The van der Waals surface area contributed by atoms with Crippen molar-refractivity contribution in [3.63, 3.8) is 0 Å². The van der Waals surface area contributed by atoms with E-state index in [0.717, 1.165) is 0 Å². The molecule has 0 radical (unpaired) electrons. The number of nitrogens with one attached hydrogen (secondary N) is 1. The van der Waals surface area contributed by atoms with E-state index in [1.54, 1.807) is 0 Å². The number of aromatic carboxylic acids is 1. The summed E-state index contributed by atoms with van der Waals surface area (Å²) in [6.07, 6.45) is 0.627. The first-order chi connectivity index (χ1) is 9.35. The van der Waals surface area contributed by atoms with Crippen molar-refractivity contribution >= 4 is 17.6 Å². The highest BCUT2D eigenvalue weighted by Crippen LogP contribution is 2.25. The molecule has 1 atom stereocenters. The van der Waals surface area contributed by atoms with Crippen molar-refractivity contribution in [2.45, 2.75) is 20.3 Å². The molecule has 0 aliphatic heterocycles. The molecule has 1 aromatic rings. The van der Waals surface area contributed by atoms with Gasteiger partial charge in [0.2, 0.25) is 5.91 Å². The Kier molecular flexibility index (Phi) is 5.52. The molecule has 0 aliphatic rings. The summed E-state index contributed by atoms with van der Waals surface area (Å²) in [6.45, 7) is 4.17. The number of benzene rings is 1. The second-order valence-corrected chi connectivity index (χ2v) is 5.09. The average molecular weight is 280 g/mol. The molecule has 5 N–H and O–H groups in total. The Morgan fingerprint density at radius 3 is 2.50 bits per heavy atom. The highest BCUT2D eigenvalue weighted by atomic mass is 16.4. The van der Waals surface area contributed by atoms with E-state index >= 15 is 0 Å². The highest BCUT2D eigenvalue weighted by molar-refractivity contribution is 5.96. The number of hydrogen-bond acceptors (Lipinski definition) is 4. The molecule has 1 rings (SSSR count). The molecule has 0 fully saturated rings. The third-order valence-electron chi connectivity index (χ3n) is 2.91. The van der Waals surface area contributed by atoms with E-state index in [-0.39, 0.29) is 35.4 Å². The van der Waals surface area contributed by atoms with Crippen LogP contribution in [0.1, 0.15) is 30.6 Å². The number of carboxylic acids is 1. The SMILES string of the molecule is CC(C)CC(CN)C(=O)Nc1cc(C(=O)O)ccc1O. The van der Waals surface area contributed by atoms with E-state index in [0.29, 0.717) is 12.3 Å². The van der Waals surface area contributed by atoms with Gasteiger partial charge in [-0.3, -0.25) is 4.79 Å². The number of carboxylic acid groups (broad SMARTS) is 1. The van der Waals surface area contributed by atoms with E-state index in [2.05, 4.69) is 5.32 Å². The van der Waals surface area contributed by atoms with Crippen molar-refractivity contribution in [3.05, 3.63) is 23.8 Å². The Hall–Kier alpha value is -2.08. The van der Waals surface area contributed by atoms with Crippen molar-refractivity contribution in [1.82, 2.24) is 0 Å². The van der Waals surface area contributed by atoms with Gasteiger partial charge in [0.05, 0.1) is 17.2 Å². The Labute approximate surface area is 117 Å². The van der Waals surface area contributed by atoms with E-state index in [4.69, 9.17) is 10.8 Å². The van der Waals surface area contributed by atoms with Crippen LogP contribution in [-0.2, 0) is 4.79 Å². The molecule has 1 unspecified atom stereocenters. The zero-order valence-corrected chi connectivity index (χ0v) is 11.6. The van der Waals surface area contributed by atoms with Gasteiger partial charge < -0.3 is 21.3 Å². The van der Waals surface area contributed by atoms with Crippen LogP contribution in [0.3, 0.4) is 0 Å². The fraction of sp³-hybridized carbons (Fsp3) is 0.429. The summed E-state index contributed by atoms with van der Waals surface area (Å²) in [5.41, 5.74) is 5.65. The molecule has 1 amide bonds. The number of aromatic hydroxyl groups is 1. The van der Waals surface area contributed by atoms with E-state index in [1.165, 1.54) is 18.2 Å². The summed E-state index contributed by atoms with van der Waals surface area (Å²) in [5, 5.41) is 21.1. The minimum atomic E-state index is -1.13. The van der Waals surface area contributed by atoms with Crippen molar-refractivity contribution in [2.75, 3.05) is 11.9 Å². The Morgan fingerprint density at radius 2 is 2.00 bits per heavy atom. The van der Waals surface area contributed by atoms with Crippen LogP contribution in [0, 0.1) is 11.8 Å². The monoisotopic (exact) mass is 280 g/mol. The summed E-state index contributed by atoms with van der Waals surface area (Å²) in [7, 11) is 0. The Morgan fingerprint density at radius 1 is 1.35 bits per heavy atom. The molecule has 0 aliphatic carbocycles. The van der Waals surface area contributed by atoms with Gasteiger partial charge in [-0.1, -0.05) is 13.8 Å². The van der Waals surface area contributed by atoms with Gasteiger partial charge in [-0.15, -0.1) is 0 Å². The smallest absolute Gasteiger partial charge is 0.335 e. The summed E-state index contributed by atoms with van der Waals surface area (Å²) >= 11 is 0. The number of amides is 1. The summed E-state index contributed by atoms with van der Waals surface area (Å²) in [4.78, 5) is 22.9. The molecule has 0 spiro atoms. The number of hydrogen-bond donors (Lipinski definition) is 4. The first-order valence-corrected chi connectivity index (χ1v) is 6.42. The maximum Gasteiger partial charge on any atom is 0.335 e. The van der Waals surface area contributed by atoms with Gasteiger partial charge in [0.1, 0.15) is 5.75 Å². The zero-order valence-electron chi connectivity index (χ0n) is 11.6. The average Bonchev–Trinajstić information content (AvgIpc) is 2.37. The number of phenolic OH excluding ortho intramolecular Hbond substituents is 1. The van der Waals surface area contributed by atoms with Crippen LogP contribution < -0.4 is 11.1 Å². The lowest BCUT2D eigenvalue weighted by Gasteiger charge is -2.17. The molecule has 6 nitrogen and oxygen atoms in total. The van der Waals surface area contributed by atoms with Gasteiger partial charge in [-0.05, 0) is 30.5 Å². The fourth-order valence-electron chi connectivity index (χ4n) is 1.88. The van der Waals surface area contributed by atoms with Crippen LogP contribution in [-0.4, -0.2) is 28.6 Å². The van der Waals surface area contributed by atoms with Crippen molar-refractivity contribution < 1.29 is 19.8 Å². The first-order valence-electron chi connectivity index (χ1n) is 6.42. The van der Waals surface area contributed by atoms with Crippen molar-refractivity contribution in [3.8, 4) is 5.75 Å².